The van der Waals surface area contributed by atoms with Crippen LogP contribution in [0.4, 0.5) is 0 Å². The molecule has 3 saturated carbocycles. The second-order valence-electron chi connectivity index (χ2n) is 6.61. The first kappa shape index (κ1) is 12.0. The lowest BCUT2D eigenvalue weighted by Crippen LogP contribution is -2.38. The van der Waals surface area contributed by atoms with Crippen LogP contribution in [-0.2, 0) is 0 Å². The molecule has 0 amide bonds. The van der Waals surface area contributed by atoms with Gasteiger partial charge in [0, 0.05) is 5.92 Å². The second kappa shape index (κ2) is 4.89. The van der Waals surface area contributed by atoms with Crippen molar-refractivity contribution in [2.24, 2.45) is 23.7 Å². The zero-order chi connectivity index (χ0) is 11.8. The summed E-state index contributed by atoms with van der Waals surface area (Å²) in [6.45, 7) is 0. The fourth-order valence-electron chi connectivity index (χ4n) is 4.90. The maximum Gasteiger partial charge on any atom is 0.0626 e. The third-order valence-electron chi connectivity index (χ3n) is 5.77. The van der Waals surface area contributed by atoms with E-state index in [1.807, 2.05) is 0 Å². The largest absolute Gasteiger partial charge is 0.393 e. The molecule has 3 aliphatic carbocycles. The molecule has 0 radical (unpaired) electrons. The summed E-state index contributed by atoms with van der Waals surface area (Å²) in [5.74, 6) is 2.03. The van der Waals surface area contributed by atoms with Gasteiger partial charge < -0.3 is 10.2 Å². The van der Waals surface area contributed by atoms with Gasteiger partial charge in [0.05, 0.1) is 12.2 Å². The van der Waals surface area contributed by atoms with Gasteiger partial charge in [-0.15, -0.1) is 0 Å². The van der Waals surface area contributed by atoms with E-state index in [2.05, 4.69) is 0 Å². The fourth-order valence-corrected chi connectivity index (χ4v) is 4.90. The van der Waals surface area contributed by atoms with Crippen LogP contribution in [0.1, 0.15) is 57.8 Å². The Morgan fingerprint density at radius 1 is 0.647 bits per heavy atom. The molecule has 5 unspecified atom stereocenters. The molecule has 2 nitrogen and oxygen atoms in total. The van der Waals surface area contributed by atoms with Crippen LogP contribution in [0.2, 0.25) is 0 Å². The fraction of sp³-hybridized carbons (Fsp3) is 1.00. The number of fused-ring (bicyclic) bond motifs is 1. The maximum absolute atomic E-state index is 10.7. The van der Waals surface area contributed by atoms with Crippen molar-refractivity contribution in [2.75, 3.05) is 0 Å². The Morgan fingerprint density at radius 3 is 2.12 bits per heavy atom. The highest BCUT2D eigenvalue weighted by molar-refractivity contribution is 4.96. The van der Waals surface area contributed by atoms with Crippen molar-refractivity contribution in [2.45, 2.75) is 70.0 Å². The van der Waals surface area contributed by atoms with E-state index in [9.17, 15) is 10.2 Å². The van der Waals surface area contributed by atoms with Crippen LogP contribution >= 0.6 is 0 Å². The lowest BCUT2D eigenvalue weighted by atomic mass is 9.77. The lowest BCUT2D eigenvalue weighted by molar-refractivity contribution is -0.0287. The van der Waals surface area contributed by atoms with Crippen LogP contribution in [0.25, 0.3) is 0 Å². The van der Waals surface area contributed by atoms with E-state index in [0.29, 0.717) is 11.8 Å². The quantitative estimate of drug-likeness (QED) is 0.737. The summed E-state index contributed by atoms with van der Waals surface area (Å²) in [6.07, 6.45) is 10.7. The molecule has 3 rings (SSSR count). The predicted octanol–water partition coefficient (Wildman–Crippen LogP) is 2.72. The third-order valence-corrected chi connectivity index (χ3v) is 5.77. The minimum Gasteiger partial charge on any atom is -0.393 e. The number of rotatable bonds is 1. The lowest BCUT2D eigenvalue weighted by Gasteiger charge is -2.33. The minimum absolute atomic E-state index is 0.197. The van der Waals surface area contributed by atoms with E-state index in [1.54, 1.807) is 0 Å². The zero-order valence-corrected chi connectivity index (χ0v) is 10.7. The van der Waals surface area contributed by atoms with E-state index < -0.39 is 0 Å². The van der Waals surface area contributed by atoms with Crippen molar-refractivity contribution in [3.8, 4) is 0 Å². The van der Waals surface area contributed by atoms with Crippen LogP contribution in [0, 0.1) is 23.7 Å². The average molecular weight is 238 g/mol. The molecule has 3 fully saturated rings. The summed E-state index contributed by atoms with van der Waals surface area (Å²) >= 11 is 0. The first-order valence-corrected chi connectivity index (χ1v) is 7.63. The summed E-state index contributed by atoms with van der Waals surface area (Å²) < 4.78 is 0. The van der Waals surface area contributed by atoms with Gasteiger partial charge in [-0.1, -0.05) is 32.1 Å². The predicted molar refractivity (Wildman–Crippen MR) is 67.5 cm³/mol. The molecule has 3 aliphatic rings. The van der Waals surface area contributed by atoms with Gasteiger partial charge in [-0.3, -0.25) is 0 Å². The molecule has 0 aromatic carbocycles. The summed E-state index contributed by atoms with van der Waals surface area (Å²) in [5, 5.41) is 20.8. The second-order valence-corrected chi connectivity index (χ2v) is 6.61. The monoisotopic (exact) mass is 238 g/mol. The van der Waals surface area contributed by atoms with Crippen LogP contribution < -0.4 is 0 Å². The molecule has 2 heteroatoms. The van der Waals surface area contributed by atoms with E-state index in [4.69, 9.17) is 0 Å². The molecule has 0 heterocycles. The van der Waals surface area contributed by atoms with Crippen LogP contribution in [0.15, 0.2) is 0 Å². The Kier molecular flexibility index (Phi) is 3.45. The molecular formula is C15H26O2. The van der Waals surface area contributed by atoms with E-state index in [1.165, 1.54) is 44.9 Å². The Hall–Kier alpha value is -0.0800. The van der Waals surface area contributed by atoms with Crippen LogP contribution in [0.5, 0.6) is 0 Å². The van der Waals surface area contributed by atoms with Crippen LogP contribution in [0.3, 0.4) is 0 Å². The van der Waals surface area contributed by atoms with Gasteiger partial charge in [-0.25, -0.2) is 0 Å². The molecule has 98 valence electrons. The molecule has 2 N–H and O–H groups in total. The molecule has 0 aromatic rings. The summed E-state index contributed by atoms with van der Waals surface area (Å²) in [6, 6.07) is 0. The smallest absolute Gasteiger partial charge is 0.0626 e. The number of aliphatic hydroxyl groups excluding tert-OH is 2. The van der Waals surface area contributed by atoms with Gasteiger partial charge in [0.25, 0.3) is 0 Å². The zero-order valence-electron chi connectivity index (χ0n) is 10.7. The average Bonchev–Trinajstić information content (AvgIpc) is 2.91. The molecule has 0 aromatic heterocycles. The summed E-state index contributed by atoms with van der Waals surface area (Å²) in [7, 11) is 0. The van der Waals surface area contributed by atoms with Crippen LogP contribution in [-0.4, -0.2) is 22.4 Å². The van der Waals surface area contributed by atoms with Gasteiger partial charge in [0.1, 0.15) is 0 Å². The highest BCUT2D eigenvalue weighted by atomic mass is 16.3. The van der Waals surface area contributed by atoms with Crippen molar-refractivity contribution in [3.05, 3.63) is 0 Å². The molecule has 0 spiro atoms. The van der Waals surface area contributed by atoms with E-state index in [0.717, 1.165) is 18.8 Å². The number of aliphatic hydroxyl groups is 2. The summed E-state index contributed by atoms with van der Waals surface area (Å²) in [4.78, 5) is 0. The summed E-state index contributed by atoms with van der Waals surface area (Å²) in [5.41, 5.74) is 0. The Morgan fingerprint density at radius 2 is 1.35 bits per heavy atom. The molecule has 5 atom stereocenters. The Balaban J connectivity index is 1.76. The van der Waals surface area contributed by atoms with Gasteiger partial charge in [0.2, 0.25) is 0 Å². The molecule has 0 saturated heterocycles. The van der Waals surface area contributed by atoms with Gasteiger partial charge in [0.15, 0.2) is 0 Å². The Bertz CT molecular complexity index is 260. The molecule has 17 heavy (non-hydrogen) atoms. The standard InChI is InChI=1S/C15H26O2/c16-13-9-8-11-6-3-7-12(15(17)14(11)13)10-4-1-2-5-10/h10-17H,1-9H2. The van der Waals surface area contributed by atoms with E-state index >= 15 is 0 Å². The maximum atomic E-state index is 10.7. The highest BCUT2D eigenvalue weighted by Gasteiger charge is 2.45. The van der Waals surface area contributed by atoms with Crippen molar-refractivity contribution in [1.82, 2.24) is 0 Å². The number of hydrogen-bond acceptors (Lipinski definition) is 2. The first-order chi connectivity index (χ1) is 8.27. The van der Waals surface area contributed by atoms with Gasteiger partial charge >= 0.3 is 0 Å². The van der Waals surface area contributed by atoms with Crippen molar-refractivity contribution >= 4 is 0 Å². The van der Waals surface area contributed by atoms with Crippen molar-refractivity contribution in [3.63, 3.8) is 0 Å². The molecular weight excluding hydrogens is 212 g/mol. The first-order valence-electron chi connectivity index (χ1n) is 7.63. The van der Waals surface area contributed by atoms with E-state index in [-0.39, 0.29) is 18.1 Å². The number of hydrogen-bond donors (Lipinski definition) is 2. The minimum atomic E-state index is -0.225. The molecule has 0 aliphatic heterocycles. The normalized spacial score (nSPS) is 48.0. The topological polar surface area (TPSA) is 40.5 Å². The van der Waals surface area contributed by atoms with Gasteiger partial charge in [-0.05, 0) is 43.4 Å². The Labute approximate surface area is 104 Å². The van der Waals surface area contributed by atoms with Crippen molar-refractivity contribution < 1.29 is 10.2 Å². The third kappa shape index (κ3) is 2.15. The van der Waals surface area contributed by atoms with Crippen molar-refractivity contribution in [1.29, 1.82) is 0 Å². The van der Waals surface area contributed by atoms with Gasteiger partial charge in [-0.2, -0.15) is 0 Å². The molecule has 0 bridgehead atoms. The SMILES string of the molecule is OC1CCC2CCCC(C3CCCC3)C(O)C12. The highest BCUT2D eigenvalue weighted by Crippen LogP contribution is 2.47.